The highest BCUT2D eigenvalue weighted by atomic mass is 31.2. The molecule has 26 heavy (non-hydrogen) atoms. The Morgan fingerprint density at radius 3 is 1.92 bits per heavy atom. The van der Waals surface area contributed by atoms with E-state index in [1.165, 1.54) is 0 Å². The zero-order valence-electron chi connectivity index (χ0n) is 15.6. The molecule has 1 aliphatic heterocycles. The van der Waals surface area contributed by atoms with Crippen molar-refractivity contribution < 1.29 is 14.4 Å². The molecule has 4 atom stereocenters. The van der Waals surface area contributed by atoms with Crippen LogP contribution in [0.3, 0.4) is 0 Å². The first-order valence-corrected chi connectivity index (χ1v) is 11.4. The lowest BCUT2D eigenvalue weighted by molar-refractivity contribution is 0.152. The molecule has 3 nitrogen and oxygen atoms in total. The summed E-state index contributed by atoms with van der Waals surface area (Å²) in [7, 11) is -2.88. The summed E-state index contributed by atoms with van der Waals surface area (Å²) in [5.41, 5.74) is -0.0987. The van der Waals surface area contributed by atoms with E-state index < -0.39 is 13.2 Å². The summed E-state index contributed by atoms with van der Waals surface area (Å²) in [5, 5.41) is 11.7. The zero-order valence-corrected chi connectivity index (χ0v) is 16.5. The van der Waals surface area contributed by atoms with Gasteiger partial charge < -0.3 is 14.4 Å². The zero-order chi connectivity index (χ0) is 18.6. The third-order valence-electron chi connectivity index (χ3n) is 5.27. The quantitative estimate of drug-likeness (QED) is 0.410. The number of benzene rings is 2. The summed E-state index contributed by atoms with van der Waals surface area (Å²) in [5.74, 6) is 0. The number of aliphatic hydroxyl groups is 1. The van der Waals surface area contributed by atoms with E-state index in [-0.39, 0.29) is 17.9 Å². The smallest absolute Gasteiger partial charge is 0.148 e. The summed E-state index contributed by atoms with van der Waals surface area (Å²) in [6.45, 7) is 3.93. The largest absolute Gasteiger partial charge is 0.391 e. The van der Waals surface area contributed by atoms with Crippen LogP contribution < -0.4 is 10.6 Å². The molecule has 1 fully saturated rings. The Labute approximate surface area is 156 Å². The van der Waals surface area contributed by atoms with Crippen molar-refractivity contribution in [2.45, 2.75) is 63.5 Å². The SMILES string of the molecule is CCCCC[C@H]([C@@H]1O[C@H]1[C@@H](C)O)P(=O)(c1ccccc1)c1ccccc1. The molecule has 1 saturated heterocycles. The van der Waals surface area contributed by atoms with Crippen molar-refractivity contribution in [1.82, 2.24) is 0 Å². The van der Waals surface area contributed by atoms with Gasteiger partial charge in [-0.3, -0.25) is 0 Å². The fraction of sp³-hybridized carbons (Fsp3) is 0.455. The molecule has 1 aliphatic rings. The van der Waals surface area contributed by atoms with E-state index >= 15 is 0 Å². The average molecular weight is 372 g/mol. The second kappa shape index (κ2) is 8.52. The van der Waals surface area contributed by atoms with Crippen LogP contribution in [0.5, 0.6) is 0 Å². The fourth-order valence-electron chi connectivity index (χ4n) is 3.82. The van der Waals surface area contributed by atoms with E-state index in [1.807, 2.05) is 60.7 Å². The van der Waals surface area contributed by atoms with E-state index in [1.54, 1.807) is 6.92 Å². The molecule has 4 heteroatoms. The molecule has 1 N–H and O–H groups in total. The van der Waals surface area contributed by atoms with Crippen LogP contribution in [0.2, 0.25) is 0 Å². The molecule has 0 unspecified atom stereocenters. The van der Waals surface area contributed by atoms with Gasteiger partial charge in [0.05, 0.1) is 12.2 Å². The normalized spacial score (nSPS) is 22.0. The van der Waals surface area contributed by atoms with Gasteiger partial charge in [0, 0.05) is 16.3 Å². The first kappa shape index (κ1) is 19.4. The van der Waals surface area contributed by atoms with E-state index in [2.05, 4.69) is 6.92 Å². The molecule has 0 saturated carbocycles. The minimum absolute atomic E-state index is 0.0987. The first-order valence-electron chi connectivity index (χ1n) is 9.63. The molecule has 0 amide bonds. The molecule has 0 spiro atoms. The van der Waals surface area contributed by atoms with Gasteiger partial charge in [0.2, 0.25) is 0 Å². The van der Waals surface area contributed by atoms with Crippen LogP contribution in [0.4, 0.5) is 0 Å². The average Bonchev–Trinajstić information content (AvgIpc) is 3.47. The first-order chi connectivity index (χ1) is 12.6. The molecule has 0 bridgehead atoms. The van der Waals surface area contributed by atoms with Gasteiger partial charge in [-0.25, -0.2) is 0 Å². The van der Waals surface area contributed by atoms with Gasteiger partial charge in [-0.15, -0.1) is 0 Å². The van der Waals surface area contributed by atoms with Crippen molar-refractivity contribution in [1.29, 1.82) is 0 Å². The van der Waals surface area contributed by atoms with Crippen LogP contribution in [0.1, 0.15) is 39.5 Å². The van der Waals surface area contributed by atoms with Crippen LogP contribution in [-0.4, -0.2) is 29.1 Å². The lowest BCUT2D eigenvalue weighted by atomic mass is 10.1. The molecular formula is C22H29O3P. The van der Waals surface area contributed by atoms with Gasteiger partial charge in [-0.05, 0) is 13.3 Å². The van der Waals surface area contributed by atoms with E-state index in [0.29, 0.717) is 0 Å². The Kier molecular flexibility index (Phi) is 6.34. The van der Waals surface area contributed by atoms with Crippen molar-refractivity contribution >= 4 is 17.8 Å². The van der Waals surface area contributed by atoms with Crippen molar-refractivity contribution in [3.63, 3.8) is 0 Å². The summed E-state index contributed by atoms with van der Waals surface area (Å²) in [4.78, 5) is 0. The van der Waals surface area contributed by atoms with Gasteiger partial charge in [-0.1, -0.05) is 86.8 Å². The molecule has 140 valence electrons. The Bertz CT molecular complexity index is 686. The third kappa shape index (κ3) is 3.96. The predicted molar refractivity (Wildman–Crippen MR) is 108 cm³/mol. The van der Waals surface area contributed by atoms with Crippen molar-refractivity contribution in [2.75, 3.05) is 0 Å². The lowest BCUT2D eigenvalue weighted by Crippen LogP contribution is -2.32. The van der Waals surface area contributed by atoms with Gasteiger partial charge in [0.1, 0.15) is 13.2 Å². The maximum Gasteiger partial charge on any atom is 0.148 e. The van der Waals surface area contributed by atoms with E-state index in [4.69, 9.17) is 4.74 Å². The van der Waals surface area contributed by atoms with Crippen molar-refractivity contribution in [3.8, 4) is 0 Å². The van der Waals surface area contributed by atoms with Crippen LogP contribution in [0.25, 0.3) is 0 Å². The molecular weight excluding hydrogens is 343 g/mol. The standard InChI is InChI=1S/C22H29O3P/c1-3-4-7-16-20(22-21(25-22)17(2)23)26(24,18-12-8-5-9-13-18)19-14-10-6-11-15-19/h5-6,8-15,17,20-23H,3-4,7,16H2,1-2H3/t17-,20-,21+,22+/m1/s1. The topological polar surface area (TPSA) is 49.8 Å². The Balaban J connectivity index is 2.03. The molecule has 0 aromatic heterocycles. The summed E-state index contributed by atoms with van der Waals surface area (Å²) < 4.78 is 20.4. The number of rotatable bonds is 9. The number of hydrogen-bond acceptors (Lipinski definition) is 3. The van der Waals surface area contributed by atoms with Gasteiger partial charge >= 0.3 is 0 Å². The predicted octanol–water partition coefficient (Wildman–Crippen LogP) is 4.10. The van der Waals surface area contributed by atoms with Crippen molar-refractivity contribution in [3.05, 3.63) is 60.7 Å². The highest BCUT2D eigenvalue weighted by Crippen LogP contribution is 2.56. The number of hydrogen-bond donors (Lipinski definition) is 1. The number of epoxide rings is 1. The minimum Gasteiger partial charge on any atom is -0.391 e. The Morgan fingerprint density at radius 1 is 0.962 bits per heavy atom. The molecule has 1 heterocycles. The summed E-state index contributed by atoms with van der Waals surface area (Å²) in [6.07, 6.45) is 3.24. The number of ether oxygens (including phenoxy) is 1. The monoisotopic (exact) mass is 372 g/mol. The maximum atomic E-state index is 14.6. The number of unbranched alkanes of at least 4 members (excludes halogenated alkanes) is 2. The van der Waals surface area contributed by atoms with Gasteiger partial charge in [0.15, 0.2) is 0 Å². The van der Waals surface area contributed by atoms with E-state index in [0.717, 1.165) is 36.3 Å². The molecule has 0 aliphatic carbocycles. The van der Waals surface area contributed by atoms with E-state index in [9.17, 15) is 9.67 Å². The second-order valence-electron chi connectivity index (χ2n) is 7.20. The molecule has 3 rings (SSSR count). The summed E-state index contributed by atoms with van der Waals surface area (Å²) in [6, 6.07) is 19.6. The molecule has 2 aromatic rings. The third-order valence-corrected chi connectivity index (χ3v) is 8.88. The van der Waals surface area contributed by atoms with Gasteiger partial charge in [-0.2, -0.15) is 0 Å². The van der Waals surface area contributed by atoms with Gasteiger partial charge in [0.25, 0.3) is 0 Å². The lowest BCUT2D eigenvalue weighted by Gasteiger charge is -2.28. The highest BCUT2D eigenvalue weighted by molar-refractivity contribution is 7.79. The minimum atomic E-state index is -2.88. The van der Waals surface area contributed by atoms with Crippen LogP contribution in [0, 0.1) is 0 Å². The Morgan fingerprint density at radius 2 is 1.50 bits per heavy atom. The molecule has 2 aromatic carbocycles. The fourth-order valence-corrected chi connectivity index (χ4v) is 7.32. The van der Waals surface area contributed by atoms with Crippen LogP contribution in [-0.2, 0) is 9.30 Å². The van der Waals surface area contributed by atoms with Crippen LogP contribution >= 0.6 is 7.14 Å². The molecule has 0 radical (unpaired) electrons. The van der Waals surface area contributed by atoms with Crippen LogP contribution in [0.15, 0.2) is 60.7 Å². The summed E-state index contributed by atoms with van der Waals surface area (Å²) >= 11 is 0. The maximum absolute atomic E-state index is 14.6. The highest BCUT2D eigenvalue weighted by Gasteiger charge is 2.54. The Hall–Kier alpha value is -1.41. The van der Waals surface area contributed by atoms with Crippen molar-refractivity contribution in [2.24, 2.45) is 0 Å². The number of aliphatic hydroxyl groups excluding tert-OH is 1. The second-order valence-corrected chi connectivity index (χ2v) is 10.2.